The molecule has 15 heavy (non-hydrogen) atoms. The van der Waals surface area contributed by atoms with Gasteiger partial charge in [0, 0.05) is 5.56 Å². The molecule has 0 atom stereocenters. The maximum absolute atomic E-state index is 11.3. The van der Waals surface area contributed by atoms with E-state index in [2.05, 4.69) is 0 Å². The molecule has 3 nitrogen and oxygen atoms in total. The van der Waals surface area contributed by atoms with Gasteiger partial charge in [-0.3, -0.25) is 0 Å². The molecule has 0 unspecified atom stereocenters. The summed E-state index contributed by atoms with van der Waals surface area (Å²) in [4.78, 5) is 11.3. The van der Waals surface area contributed by atoms with Crippen LogP contribution in [0.5, 0.6) is 0 Å². The number of benzene rings is 1. The Kier molecular flexibility index (Phi) is 2.29. The van der Waals surface area contributed by atoms with Crippen LogP contribution in [0.25, 0.3) is 11.3 Å². The molecule has 0 spiro atoms. The highest BCUT2D eigenvalue weighted by molar-refractivity contribution is 5.60. The van der Waals surface area contributed by atoms with Crippen molar-refractivity contribution in [2.45, 2.75) is 6.92 Å². The number of nitrogen functional groups attached to an aromatic ring is 1. The molecule has 0 aliphatic carbocycles. The molecule has 0 aliphatic heterocycles. The van der Waals surface area contributed by atoms with Crippen molar-refractivity contribution in [2.24, 2.45) is 0 Å². The first-order valence-electron chi connectivity index (χ1n) is 4.64. The Hall–Kier alpha value is -2.03. The van der Waals surface area contributed by atoms with Crippen LogP contribution in [0, 0.1) is 6.92 Å². The zero-order valence-electron chi connectivity index (χ0n) is 8.36. The van der Waals surface area contributed by atoms with E-state index in [1.807, 2.05) is 30.3 Å². The highest BCUT2D eigenvalue weighted by Crippen LogP contribution is 2.19. The van der Waals surface area contributed by atoms with E-state index in [1.165, 1.54) is 0 Å². The Labute approximate surface area is 87.2 Å². The molecule has 2 rings (SSSR count). The van der Waals surface area contributed by atoms with Crippen molar-refractivity contribution >= 4 is 5.69 Å². The summed E-state index contributed by atoms with van der Waals surface area (Å²) in [7, 11) is 0. The van der Waals surface area contributed by atoms with Crippen LogP contribution >= 0.6 is 0 Å². The van der Waals surface area contributed by atoms with Gasteiger partial charge in [0.2, 0.25) is 0 Å². The van der Waals surface area contributed by atoms with Crippen LogP contribution in [-0.4, -0.2) is 0 Å². The third kappa shape index (κ3) is 1.76. The van der Waals surface area contributed by atoms with Gasteiger partial charge in [-0.15, -0.1) is 0 Å². The molecule has 2 aromatic rings. The lowest BCUT2D eigenvalue weighted by Crippen LogP contribution is -2.08. The summed E-state index contributed by atoms with van der Waals surface area (Å²) >= 11 is 0. The molecular formula is C12H11NO2. The largest absolute Gasteiger partial charge is 0.421 e. The van der Waals surface area contributed by atoms with Crippen molar-refractivity contribution in [2.75, 3.05) is 5.73 Å². The van der Waals surface area contributed by atoms with E-state index in [9.17, 15) is 4.79 Å². The minimum absolute atomic E-state index is 0.176. The predicted octanol–water partition coefficient (Wildman–Crippen LogP) is 2.20. The minimum atomic E-state index is -0.478. The van der Waals surface area contributed by atoms with E-state index < -0.39 is 5.63 Å². The van der Waals surface area contributed by atoms with Crippen LogP contribution in [0.15, 0.2) is 45.6 Å². The summed E-state index contributed by atoms with van der Waals surface area (Å²) in [5.41, 5.74) is 6.83. The standard InChI is InChI=1S/C12H11NO2/c1-8-7-10(15-12(14)11(8)13)9-5-3-2-4-6-9/h2-7H,13H2,1H3. The topological polar surface area (TPSA) is 56.2 Å². The molecule has 0 bridgehead atoms. The SMILES string of the molecule is Cc1cc(-c2ccccc2)oc(=O)c1N. The lowest BCUT2D eigenvalue weighted by molar-refractivity contribution is 0.528. The van der Waals surface area contributed by atoms with Crippen molar-refractivity contribution in [1.29, 1.82) is 0 Å². The Morgan fingerprint density at radius 1 is 1.20 bits per heavy atom. The molecule has 76 valence electrons. The molecular weight excluding hydrogens is 190 g/mol. The molecule has 1 aromatic heterocycles. The van der Waals surface area contributed by atoms with Gasteiger partial charge in [0.1, 0.15) is 11.4 Å². The fraction of sp³-hybridized carbons (Fsp3) is 0.0833. The predicted molar refractivity (Wildman–Crippen MR) is 59.6 cm³/mol. The molecule has 0 saturated heterocycles. The van der Waals surface area contributed by atoms with E-state index in [4.69, 9.17) is 10.2 Å². The number of nitrogens with two attached hydrogens (primary N) is 1. The molecule has 0 fully saturated rings. The summed E-state index contributed by atoms with van der Waals surface area (Å²) in [6.07, 6.45) is 0. The van der Waals surface area contributed by atoms with Gasteiger partial charge in [-0.25, -0.2) is 4.79 Å². The third-order valence-electron chi connectivity index (χ3n) is 2.25. The zero-order chi connectivity index (χ0) is 10.8. The highest BCUT2D eigenvalue weighted by atomic mass is 16.4. The lowest BCUT2D eigenvalue weighted by Gasteiger charge is -2.02. The fourth-order valence-electron chi connectivity index (χ4n) is 1.36. The van der Waals surface area contributed by atoms with E-state index in [1.54, 1.807) is 13.0 Å². The number of hydrogen-bond donors (Lipinski definition) is 1. The van der Waals surface area contributed by atoms with Gasteiger partial charge in [0.15, 0.2) is 0 Å². The first-order valence-corrected chi connectivity index (χ1v) is 4.64. The summed E-state index contributed by atoms with van der Waals surface area (Å²) in [5.74, 6) is 0.548. The van der Waals surface area contributed by atoms with Crippen molar-refractivity contribution < 1.29 is 4.42 Å². The summed E-state index contributed by atoms with van der Waals surface area (Å²) in [6.45, 7) is 1.79. The number of aryl methyl sites for hydroxylation is 1. The molecule has 0 aliphatic rings. The van der Waals surface area contributed by atoms with Gasteiger partial charge in [-0.05, 0) is 18.6 Å². The van der Waals surface area contributed by atoms with Crippen molar-refractivity contribution in [3.63, 3.8) is 0 Å². The van der Waals surface area contributed by atoms with E-state index in [-0.39, 0.29) is 5.69 Å². The maximum Gasteiger partial charge on any atom is 0.359 e. The lowest BCUT2D eigenvalue weighted by atomic mass is 10.1. The first kappa shape index (κ1) is 9.52. The first-order chi connectivity index (χ1) is 7.18. The Morgan fingerprint density at radius 2 is 1.87 bits per heavy atom. The van der Waals surface area contributed by atoms with Gasteiger partial charge in [0.05, 0.1) is 0 Å². The summed E-state index contributed by atoms with van der Waals surface area (Å²) in [6, 6.07) is 11.2. The van der Waals surface area contributed by atoms with Gasteiger partial charge < -0.3 is 10.2 Å². The minimum Gasteiger partial charge on any atom is -0.421 e. The second-order valence-electron chi connectivity index (χ2n) is 3.36. The van der Waals surface area contributed by atoms with Crippen LogP contribution in [0.3, 0.4) is 0 Å². The maximum atomic E-state index is 11.3. The number of anilines is 1. The molecule has 3 heteroatoms. The second-order valence-corrected chi connectivity index (χ2v) is 3.36. The normalized spacial score (nSPS) is 10.2. The number of hydrogen-bond acceptors (Lipinski definition) is 3. The summed E-state index contributed by atoms with van der Waals surface area (Å²) in [5, 5.41) is 0. The molecule has 0 amide bonds. The Balaban J connectivity index is 2.61. The van der Waals surface area contributed by atoms with Gasteiger partial charge >= 0.3 is 5.63 Å². The van der Waals surface area contributed by atoms with Crippen LogP contribution in [-0.2, 0) is 0 Å². The molecule has 0 saturated carbocycles. The smallest absolute Gasteiger partial charge is 0.359 e. The van der Waals surface area contributed by atoms with Gasteiger partial charge in [0.25, 0.3) is 0 Å². The van der Waals surface area contributed by atoms with Crippen molar-refractivity contribution in [1.82, 2.24) is 0 Å². The Bertz CT molecular complexity index is 529. The zero-order valence-corrected chi connectivity index (χ0v) is 8.36. The van der Waals surface area contributed by atoms with E-state index in [0.29, 0.717) is 5.76 Å². The molecule has 2 N–H and O–H groups in total. The molecule has 1 heterocycles. The summed E-state index contributed by atoms with van der Waals surface area (Å²) < 4.78 is 5.09. The third-order valence-corrected chi connectivity index (χ3v) is 2.25. The van der Waals surface area contributed by atoms with Crippen LogP contribution < -0.4 is 11.4 Å². The van der Waals surface area contributed by atoms with E-state index >= 15 is 0 Å². The molecule has 0 radical (unpaired) electrons. The van der Waals surface area contributed by atoms with Crippen LogP contribution in [0.4, 0.5) is 5.69 Å². The fourth-order valence-corrected chi connectivity index (χ4v) is 1.36. The second kappa shape index (κ2) is 3.61. The number of rotatable bonds is 1. The Morgan fingerprint density at radius 3 is 2.47 bits per heavy atom. The van der Waals surface area contributed by atoms with Gasteiger partial charge in [-0.1, -0.05) is 30.3 Å². The average molecular weight is 201 g/mol. The average Bonchev–Trinajstić information content (AvgIpc) is 2.26. The monoisotopic (exact) mass is 201 g/mol. The van der Waals surface area contributed by atoms with Crippen LogP contribution in [0.2, 0.25) is 0 Å². The molecule has 1 aromatic carbocycles. The van der Waals surface area contributed by atoms with Crippen LogP contribution in [0.1, 0.15) is 5.56 Å². The quantitative estimate of drug-likeness (QED) is 0.769. The highest BCUT2D eigenvalue weighted by Gasteiger charge is 2.06. The van der Waals surface area contributed by atoms with E-state index in [0.717, 1.165) is 11.1 Å². The van der Waals surface area contributed by atoms with Crippen molar-refractivity contribution in [3.8, 4) is 11.3 Å². The van der Waals surface area contributed by atoms with Gasteiger partial charge in [-0.2, -0.15) is 0 Å². The van der Waals surface area contributed by atoms with Crippen molar-refractivity contribution in [3.05, 3.63) is 52.4 Å².